The molecule has 0 aliphatic carbocycles. The van der Waals surface area contributed by atoms with Crippen molar-refractivity contribution in [3.63, 3.8) is 0 Å². The molecule has 0 aliphatic heterocycles. The van der Waals surface area contributed by atoms with E-state index in [1.165, 1.54) is 0 Å². The Hall–Kier alpha value is 1.40. The summed E-state index contributed by atoms with van der Waals surface area (Å²) in [6.45, 7) is -0.705. The second-order valence-electron chi connectivity index (χ2n) is 2.44. The van der Waals surface area contributed by atoms with Crippen molar-refractivity contribution in [2.75, 3.05) is 6.61 Å². The number of carbonyl (C=O) groups is 1. The van der Waals surface area contributed by atoms with Gasteiger partial charge in [-0.3, -0.25) is 0 Å². The summed E-state index contributed by atoms with van der Waals surface area (Å²) in [5.41, 5.74) is 5.04. The number of aliphatic hydroxyl groups is 4. The fraction of sp³-hybridized carbons (Fsp3) is 0.833. The number of rotatable bonds is 5. The van der Waals surface area contributed by atoms with Gasteiger partial charge in [-0.25, -0.2) is 0 Å². The van der Waals surface area contributed by atoms with Crippen LogP contribution in [0.15, 0.2) is 0 Å². The summed E-state index contributed by atoms with van der Waals surface area (Å²) in [5.74, 6) is 0. The molecule has 6 N–H and O–H groups in total. The van der Waals surface area contributed by atoms with Gasteiger partial charge in [-0.05, 0) is 0 Å². The summed E-state index contributed by atoms with van der Waals surface area (Å²) in [4.78, 5) is 10.0. The Morgan fingerprint density at radius 2 is 1.64 bits per heavy atom. The molecule has 0 heterocycles. The summed E-state index contributed by atoms with van der Waals surface area (Å²) in [5, 5.41) is 35.2. The first-order valence-electron chi connectivity index (χ1n) is 3.40. The van der Waals surface area contributed by atoms with E-state index in [0.717, 1.165) is 0 Å². The molecule has 0 bridgehead atoms. The number of aldehydes is 1. The van der Waals surface area contributed by atoms with Gasteiger partial charge in [0.2, 0.25) is 0 Å². The van der Waals surface area contributed by atoms with Gasteiger partial charge in [0.1, 0.15) is 24.6 Å². The monoisotopic (exact) mass is 253 g/mol. The van der Waals surface area contributed by atoms with Crippen LogP contribution in [0, 0.1) is 0 Å². The van der Waals surface area contributed by atoms with Gasteiger partial charge in [0, 0.05) is 0 Å². The molecule has 0 aromatic rings. The molecule has 14 heavy (non-hydrogen) atoms. The molecule has 6 nitrogen and oxygen atoms in total. The Balaban J connectivity index is -0.000000605. The number of aliphatic hydroxyl groups excluding tert-OH is 4. The van der Waals surface area contributed by atoms with Gasteiger partial charge in [0.05, 0.1) is 12.6 Å². The van der Waals surface area contributed by atoms with Crippen LogP contribution in [0.1, 0.15) is 0 Å². The van der Waals surface area contributed by atoms with Crippen molar-refractivity contribution in [1.29, 1.82) is 0 Å². The summed E-state index contributed by atoms with van der Waals surface area (Å²) in [6, 6.07) is -1.26. The first kappa shape index (κ1) is 20.8. The molecule has 4 atom stereocenters. The average molecular weight is 254 g/mol. The number of hydrogen-bond acceptors (Lipinski definition) is 6. The third-order valence-corrected chi connectivity index (χ3v) is 1.48. The van der Waals surface area contributed by atoms with E-state index >= 15 is 0 Å². The molecule has 0 spiro atoms. The molecule has 0 radical (unpaired) electrons. The molecular weight excluding hydrogens is 241 g/mol. The van der Waals surface area contributed by atoms with E-state index in [-0.39, 0.29) is 70.1 Å². The fourth-order valence-corrected chi connectivity index (χ4v) is 0.644. The standard InChI is InChI=1S/C6H13NO5.ClH.K/c7-3(1-8)5(11)6(12)4(10)2-9;;/h1,3-6,9-12H,2,7H2;1H;/q;;+1/p-1/t3-,4+,5+,6+;;/m0../s1. The smallest absolute Gasteiger partial charge is 1.00 e. The van der Waals surface area contributed by atoms with Gasteiger partial charge >= 0.3 is 51.4 Å². The van der Waals surface area contributed by atoms with Crippen LogP contribution in [-0.2, 0) is 4.79 Å². The Kier molecular flexibility index (Phi) is 16.2. The van der Waals surface area contributed by atoms with Crippen LogP contribution >= 0.6 is 0 Å². The van der Waals surface area contributed by atoms with Crippen LogP contribution in [0.5, 0.6) is 0 Å². The van der Waals surface area contributed by atoms with Crippen LogP contribution in [0.3, 0.4) is 0 Å². The van der Waals surface area contributed by atoms with Crippen molar-refractivity contribution in [2.45, 2.75) is 24.4 Å². The maximum absolute atomic E-state index is 10.0. The summed E-state index contributed by atoms with van der Waals surface area (Å²) in [6.07, 6.45) is -4.43. The Morgan fingerprint density at radius 1 is 1.21 bits per heavy atom. The molecule has 0 aliphatic rings. The largest absolute Gasteiger partial charge is 1.00 e. The molecule has 0 aromatic heterocycles. The topological polar surface area (TPSA) is 124 Å². The number of halogens is 1. The van der Waals surface area contributed by atoms with Crippen molar-refractivity contribution in [2.24, 2.45) is 5.73 Å². The molecule has 0 rings (SSSR count). The average Bonchev–Trinajstić information content (AvgIpc) is 2.12. The molecule has 0 unspecified atom stereocenters. The quantitative estimate of drug-likeness (QED) is 0.245. The summed E-state index contributed by atoms with van der Waals surface area (Å²) < 4.78 is 0. The fourth-order valence-electron chi connectivity index (χ4n) is 0.644. The molecule has 0 amide bonds. The van der Waals surface area contributed by atoms with Gasteiger partial charge in [0.15, 0.2) is 0 Å². The van der Waals surface area contributed by atoms with Crippen molar-refractivity contribution >= 4 is 6.29 Å². The zero-order chi connectivity index (χ0) is 9.72. The minimum absolute atomic E-state index is 0. The van der Waals surface area contributed by atoms with Crippen LogP contribution in [0.25, 0.3) is 0 Å². The zero-order valence-electron chi connectivity index (χ0n) is 7.75. The van der Waals surface area contributed by atoms with Gasteiger partial charge in [-0.2, -0.15) is 0 Å². The summed E-state index contributed by atoms with van der Waals surface area (Å²) >= 11 is 0. The Morgan fingerprint density at radius 3 is 1.93 bits per heavy atom. The number of nitrogens with two attached hydrogens (primary N) is 1. The zero-order valence-corrected chi connectivity index (χ0v) is 11.6. The minimum atomic E-state index is -1.62. The first-order valence-corrected chi connectivity index (χ1v) is 3.40. The van der Waals surface area contributed by atoms with Crippen LogP contribution in [0.4, 0.5) is 0 Å². The van der Waals surface area contributed by atoms with E-state index in [1.807, 2.05) is 0 Å². The van der Waals surface area contributed by atoms with E-state index in [1.54, 1.807) is 0 Å². The number of hydrogen-bond donors (Lipinski definition) is 5. The van der Waals surface area contributed by atoms with Crippen molar-refractivity contribution in [3.05, 3.63) is 0 Å². The minimum Gasteiger partial charge on any atom is -1.00 e. The van der Waals surface area contributed by atoms with Crippen LogP contribution in [-0.4, -0.2) is 57.7 Å². The van der Waals surface area contributed by atoms with Crippen LogP contribution in [0.2, 0.25) is 0 Å². The van der Waals surface area contributed by atoms with Gasteiger partial charge < -0.3 is 43.4 Å². The second-order valence-corrected chi connectivity index (χ2v) is 2.44. The van der Waals surface area contributed by atoms with Crippen molar-refractivity contribution in [1.82, 2.24) is 0 Å². The van der Waals surface area contributed by atoms with E-state index in [9.17, 15) is 4.79 Å². The molecule has 0 fully saturated rings. The molecule has 0 saturated heterocycles. The predicted octanol–water partition coefficient (Wildman–Crippen LogP) is -9.40. The molecule has 8 heteroatoms. The maximum Gasteiger partial charge on any atom is 1.00 e. The molecule has 80 valence electrons. The number of carbonyl (C=O) groups excluding carboxylic acids is 1. The van der Waals surface area contributed by atoms with Crippen LogP contribution < -0.4 is 69.5 Å². The van der Waals surface area contributed by atoms with E-state index < -0.39 is 31.0 Å². The maximum atomic E-state index is 10.0. The molecule has 0 saturated carbocycles. The Bertz CT molecular complexity index is 152. The Labute approximate surface area is 130 Å². The normalized spacial score (nSPS) is 18.1. The van der Waals surface area contributed by atoms with Crippen molar-refractivity contribution in [3.8, 4) is 0 Å². The van der Waals surface area contributed by atoms with E-state index in [0.29, 0.717) is 0 Å². The second kappa shape index (κ2) is 10.9. The predicted molar refractivity (Wildman–Crippen MR) is 39.1 cm³/mol. The van der Waals surface area contributed by atoms with Gasteiger partial charge in [0.25, 0.3) is 0 Å². The van der Waals surface area contributed by atoms with Gasteiger partial charge in [-0.15, -0.1) is 0 Å². The SMILES string of the molecule is N[C@@H](C=O)[C@@H](O)[C@H](O)[C@H](O)CO.[Cl-].[K+]. The van der Waals surface area contributed by atoms with Gasteiger partial charge in [-0.1, -0.05) is 0 Å². The van der Waals surface area contributed by atoms with E-state index in [2.05, 4.69) is 0 Å². The van der Waals surface area contributed by atoms with Crippen molar-refractivity contribution < 1.29 is 89.0 Å². The molecular formula is C6H13ClKNO5. The van der Waals surface area contributed by atoms with E-state index in [4.69, 9.17) is 26.2 Å². The third-order valence-electron chi connectivity index (χ3n) is 1.48. The summed E-state index contributed by atoms with van der Waals surface area (Å²) in [7, 11) is 0. The first-order chi connectivity index (χ1) is 5.54. The molecule has 0 aromatic carbocycles. The third kappa shape index (κ3) is 6.80.